The Morgan fingerprint density at radius 2 is 1.79 bits per heavy atom. The maximum Gasteiger partial charge on any atom is 0.274 e. The van der Waals surface area contributed by atoms with Gasteiger partial charge in [-0.05, 0) is 63.6 Å². The van der Waals surface area contributed by atoms with Gasteiger partial charge < -0.3 is 10.6 Å². The molecule has 2 rings (SSSR count). The molecule has 0 saturated carbocycles. The molecule has 0 aliphatic heterocycles. The second-order valence-corrected chi connectivity index (χ2v) is 7.46. The molecule has 0 spiro atoms. The van der Waals surface area contributed by atoms with Crippen LogP contribution in [0.15, 0.2) is 41.0 Å². The first kappa shape index (κ1) is 18.1. The number of halogens is 1. The first-order valence-electron chi connectivity index (χ1n) is 7.52. The number of nitrogens with one attached hydrogen (secondary N) is 2. The number of anilines is 1. The molecule has 0 saturated heterocycles. The Kier molecular flexibility index (Phi) is 5.39. The minimum atomic E-state index is -0.356. The molecule has 0 atom stereocenters. The van der Waals surface area contributed by atoms with Crippen LogP contribution in [0.25, 0.3) is 0 Å². The number of carbonyl (C=O) groups excluding carboxylic acids is 2. The number of nitrogens with zero attached hydrogens (tertiary/aromatic N) is 1. The Morgan fingerprint density at radius 3 is 2.42 bits per heavy atom. The molecule has 2 aromatic rings. The maximum absolute atomic E-state index is 12.4. The smallest absolute Gasteiger partial charge is 0.274 e. The molecule has 0 bridgehead atoms. The highest BCUT2D eigenvalue weighted by atomic mass is 79.9. The van der Waals surface area contributed by atoms with Gasteiger partial charge in [0.05, 0.1) is 0 Å². The van der Waals surface area contributed by atoms with Gasteiger partial charge in [0, 0.05) is 27.5 Å². The summed E-state index contributed by atoms with van der Waals surface area (Å²) in [5.74, 6) is -0.593. The fourth-order valence-corrected chi connectivity index (χ4v) is 2.54. The number of hydrogen-bond donors (Lipinski definition) is 2. The van der Waals surface area contributed by atoms with Crippen LogP contribution in [0.3, 0.4) is 0 Å². The van der Waals surface area contributed by atoms with Gasteiger partial charge in [-0.1, -0.05) is 15.9 Å². The highest BCUT2D eigenvalue weighted by Crippen LogP contribution is 2.20. The molecule has 24 heavy (non-hydrogen) atoms. The Balaban J connectivity index is 2.18. The number of amides is 2. The van der Waals surface area contributed by atoms with Crippen LogP contribution in [-0.4, -0.2) is 22.3 Å². The minimum Gasteiger partial charge on any atom is -0.347 e. The average molecular weight is 390 g/mol. The molecule has 1 heterocycles. The van der Waals surface area contributed by atoms with Crippen LogP contribution in [0, 0.1) is 6.92 Å². The molecule has 0 fully saturated rings. The van der Waals surface area contributed by atoms with Gasteiger partial charge >= 0.3 is 0 Å². The molecule has 2 amide bonds. The number of carbonyl (C=O) groups is 2. The molecule has 126 valence electrons. The summed E-state index contributed by atoms with van der Waals surface area (Å²) in [6, 6.07) is 8.65. The van der Waals surface area contributed by atoms with Gasteiger partial charge in [-0.2, -0.15) is 0 Å². The van der Waals surface area contributed by atoms with Crippen LogP contribution in [0.5, 0.6) is 0 Å². The minimum absolute atomic E-state index is 0.193. The summed E-state index contributed by atoms with van der Waals surface area (Å²) in [6.07, 6.45) is 1.46. The van der Waals surface area contributed by atoms with Crippen molar-refractivity contribution >= 4 is 33.4 Å². The van der Waals surface area contributed by atoms with Crippen molar-refractivity contribution in [2.24, 2.45) is 0 Å². The van der Waals surface area contributed by atoms with Crippen molar-refractivity contribution < 1.29 is 9.59 Å². The zero-order valence-electron chi connectivity index (χ0n) is 14.1. The molecule has 1 aromatic heterocycles. The number of rotatable bonds is 3. The molecular formula is C18H20BrN3O2. The Labute approximate surface area is 150 Å². The van der Waals surface area contributed by atoms with Crippen LogP contribution < -0.4 is 10.6 Å². The molecule has 0 unspecified atom stereocenters. The summed E-state index contributed by atoms with van der Waals surface area (Å²) in [4.78, 5) is 28.7. The molecule has 5 nitrogen and oxygen atoms in total. The van der Waals surface area contributed by atoms with Crippen molar-refractivity contribution in [1.82, 2.24) is 10.3 Å². The van der Waals surface area contributed by atoms with Crippen molar-refractivity contribution in [2.45, 2.75) is 33.2 Å². The second kappa shape index (κ2) is 7.13. The number of hydrogen-bond acceptors (Lipinski definition) is 3. The normalized spacial score (nSPS) is 11.0. The first-order chi connectivity index (χ1) is 11.2. The van der Waals surface area contributed by atoms with Crippen LogP contribution in [-0.2, 0) is 0 Å². The summed E-state index contributed by atoms with van der Waals surface area (Å²) in [6.45, 7) is 7.60. The van der Waals surface area contributed by atoms with E-state index in [9.17, 15) is 9.59 Å². The van der Waals surface area contributed by atoms with Crippen LogP contribution in [0.2, 0.25) is 0 Å². The third kappa shape index (κ3) is 4.89. The first-order valence-corrected chi connectivity index (χ1v) is 8.31. The summed E-state index contributed by atoms with van der Waals surface area (Å²) in [7, 11) is 0. The van der Waals surface area contributed by atoms with Crippen LogP contribution in [0.1, 0.15) is 47.2 Å². The van der Waals surface area contributed by atoms with Gasteiger partial charge in [-0.3, -0.25) is 14.6 Å². The van der Waals surface area contributed by atoms with Crippen molar-refractivity contribution in [1.29, 1.82) is 0 Å². The molecule has 0 aliphatic rings. The van der Waals surface area contributed by atoms with Gasteiger partial charge in [-0.25, -0.2) is 0 Å². The van der Waals surface area contributed by atoms with E-state index in [0.717, 1.165) is 10.0 Å². The van der Waals surface area contributed by atoms with Crippen molar-refractivity contribution in [3.8, 4) is 0 Å². The predicted molar refractivity (Wildman–Crippen MR) is 98.3 cm³/mol. The fraction of sp³-hybridized carbons (Fsp3) is 0.278. The molecule has 1 aromatic carbocycles. The maximum atomic E-state index is 12.4. The van der Waals surface area contributed by atoms with E-state index in [2.05, 4.69) is 31.5 Å². The third-order valence-corrected chi connectivity index (χ3v) is 3.67. The highest BCUT2D eigenvalue weighted by molar-refractivity contribution is 9.10. The number of benzene rings is 1. The lowest BCUT2D eigenvalue weighted by Crippen LogP contribution is -2.40. The van der Waals surface area contributed by atoms with Crippen molar-refractivity contribution in [3.63, 3.8) is 0 Å². The number of aromatic nitrogens is 1. The lowest BCUT2D eigenvalue weighted by molar-refractivity contribution is 0.0919. The van der Waals surface area contributed by atoms with Gasteiger partial charge in [0.15, 0.2) is 0 Å². The zero-order chi connectivity index (χ0) is 17.9. The SMILES string of the molecule is Cc1cc(Br)ccc1NC(=O)c1cc(C(=O)NC(C)(C)C)ccn1. The van der Waals surface area contributed by atoms with E-state index in [4.69, 9.17) is 0 Å². The van der Waals surface area contributed by atoms with Crippen molar-refractivity contribution in [2.75, 3.05) is 5.32 Å². The molecule has 0 aliphatic carbocycles. The predicted octanol–water partition coefficient (Wildman–Crippen LogP) is 3.93. The molecular weight excluding hydrogens is 370 g/mol. The summed E-state index contributed by atoms with van der Waals surface area (Å²) < 4.78 is 0.942. The Bertz CT molecular complexity index is 782. The van der Waals surface area contributed by atoms with Gasteiger partial charge in [0.2, 0.25) is 0 Å². The Hall–Kier alpha value is -2.21. The lowest BCUT2D eigenvalue weighted by atomic mass is 10.1. The molecule has 6 heteroatoms. The summed E-state index contributed by atoms with van der Waals surface area (Å²) >= 11 is 3.39. The average Bonchev–Trinajstić information content (AvgIpc) is 2.48. The summed E-state index contributed by atoms with van der Waals surface area (Å²) in [5.41, 5.74) is 1.88. The zero-order valence-corrected chi connectivity index (χ0v) is 15.7. The van der Waals surface area contributed by atoms with Crippen molar-refractivity contribution in [3.05, 3.63) is 57.8 Å². The second-order valence-electron chi connectivity index (χ2n) is 6.55. The molecule has 0 radical (unpaired) electrons. The van der Waals surface area contributed by atoms with Crippen LogP contribution >= 0.6 is 15.9 Å². The van der Waals surface area contributed by atoms with Crippen LogP contribution in [0.4, 0.5) is 5.69 Å². The van der Waals surface area contributed by atoms with E-state index in [1.165, 1.54) is 12.3 Å². The molecule has 2 N–H and O–H groups in total. The quantitative estimate of drug-likeness (QED) is 0.834. The topological polar surface area (TPSA) is 71.1 Å². The van der Waals surface area contributed by atoms with E-state index in [0.29, 0.717) is 11.3 Å². The Morgan fingerprint density at radius 1 is 1.08 bits per heavy atom. The van der Waals surface area contributed by atoms with Gasteiger partial charge in [0.25, 0.3) is 11.8 Å². The number of pyridine rings is 1. The van der Waals surface area contributed by atoms with Gasteiger partial charge in [-0.15, -0.1) is 0 Å². The largest absolute Gasteiger partial charge is 0.347 e. The monoisotopic (exact) mass is 389 g/mol. The van der Waals surface area contributed by atoms with Gasteiger partial charge in [0.1, 0.15) is 5.69 Å². The standard InChI is InChI=1S/C18H20BrN3O2/c1-11-9-13(19)5-6-14(11)21-17(24)15-10-12(7-8-20-15)16(23)22-18(2,3)4/h5-10H,1-4H3,(H,21,24)(H,22,23). The fourth-order valence-electron chi connectivity index (χ4n) is 2.06. The number of aryl methyl sites for hydroxylation is 1. The lowest BCUT2D eigenvalue weighted by Gasteiger charge is -2.20. The third-order valence-electron chi connectivity index (χ3n) is 3.18. The van der Waals surface area contributed by atoms with E-state index < -0.39 is 0 Å². The van der Waals surface area contributed by atoms with E-state index in [1.807, 2.05) is 45.9 Å². The van der Waals surface area contributed by atoms with E-state index >= 15 is 0 Å². The summed E-state index contributed by atoms with van der Waals surface area (Å²) in [5, 5.41) is 5.68. The van der Waals surface area contributed by atoms with E-state index in [-0.39, 0.29) is 23.0 Å². The highest BCUT2D eigenvalue weighted by Gasteiger charge is 2.17. The van der Waals surface area contributed by atoms with E-state index in [1.54, 1.807) is 6.07 Å².